The van der Waals surface area contributed by atoms with Crippen LogP contribution in [0.3, 0.4) is 0 Å². The summed E-state index contributed by atoms with van der Waals surface area (Å²) in [6, 6.07) is 5.04. The summed E-state index contributed by atoms with van der Waals surface area (Å²) in [6.45, 7) is 1.71. The standard InChI is InChI=1S/C15H22N2O3S/c1-10(21(19)12-5-3-4-6-12)15(18)17-13-9-11(16)7-8-14(13)20-2/h7-10,12H,3-6,16H2,1-2H3,(H,17,18). The van der Waals surface area contributed by atoms with Gasteiger partial charge in [-0.2, -0.15) is 0 Å². The molecule has 2 unspecified atom stereocenters. The first-order valence-electron chi connectivity index (χ1n) is 7.16. The van der Waals surface area contributed by atoms with E-state index in [-0.39, 0.29) is 11.2 Å². The fourth-order valence-electron chi connectivity index (χ4n) is 2.57. The van der Waals surface area contributed by atoms with Gasteiger partial charge in [-0.25, -0.2) is 0 Å². The third-order valence-electron chi connectivity index (χ3n) is 3.83. The Bertz CT molecular complexity index is 542. The molecular formula is C15H22N2O3S. The van der Waals surface area contributed by atoms with Gasteiger partial charge in [-0.3, -0.25) is 9.00 Å². The smallest absolute Gasteiger partial charge is 0.239 e. The summed E-state index contributed by atoms with van der Waals surface area (Å²) in [5.74, 6) is 0.278. The highest BCUT2D eigenvalue weighted by atomic mass is 32.2. The highest BCUT2D eigenvalue weighted by Crippen LogP contribution is 2.28. The number of anilines is 2. The molecule has 21 heavy (non-hydrogen) atoms. The second kappa shape index (κ2) is 6.93. The van der Waals surface area contributed by atoms with Gasteiger partial charge in [0.1, 0.15) is 11.0 Å². The van der Waals surface area contributed by atoms with Crippen molar-refractivity contribution in [3.63, 3.8) is 0 Å². The molecule has 2 rings (SSSR count). The van der Waals surface area contributed by atoms with Crippen LogP contribution in [0.2, 0.25) is 0 Å². The van der Waals surface area contributed by atoms with Crippen molar-refractivity contribution in [2.45, 2.75) is 43.1 Å². The van der Waals surface area contributed by atoms with Crippen molar-refractivity contribution in [3.8, 4) is 5.75 Å². The van der Waals surface area contributed by atoms with Crippen molar-refractivity contribution in [2.75, 3.05) is 18.2 Å². The minimum absolute atomic E-state index is 0.147. The maximum absolute atomic E-state index is 12.4. The van der Waals surface area contributed by atoms with Crippen molar-refractivity contribution >= 4 is 28.1 Å². The molecule has 0 heterocycles. The molecule has 1 amide bonds. The number of carbonyl (C=O) groups excluding carboxylic acids is 1. The molecule has 0 saturated heterocycles. The third-order valence-corrected chi connectivity index (χ3v) is 5.87. The van der Waals surface area contributed by atoms with Gasteiger partial charge < -0.3 is 15.8 Å². The number of nitrogens with two attached hydrogens (primary N) is 1. The molecule has 2 atom stereocenters. The number of methoxy groups -OCH3 is 1. The van der Waals surface area contributed by atoms with Crippen molar-refractivity contribution in [3.05, 3.63) is 18.2 Å². The topological polar surface area (TPSA) is 81.4 Å². The van der Waals surface area contributed by atoms with Gasteiger partial charge in [-0.1, -0.05) is 12.8 Å². The molecule has 0 aliphatic heterocycles. The van der Waals surface area contributed by atoms with E-state index >= 15 is 0 Å². The molecule has 0 bridgehead atoms. The number of carbonyl (C=O) groups is 1. The SMILES string of the molecule is COc1ccc(N)cc1NC(=O)C(C)S(=O)C1CCCC1. The summed E-state index contributed by atoms with van der Waals surface area (Å²) in [5, 5.41) is 2.37. The molecule has 0 aromatic heterocycles. The monoisotopic (exact) mass is 310 g/mol. The first-order chi connectivity index (χ1) is 10.0. The zero-order valence-electron chi connectivity index (χ0n) is 12.4. The van der Waals surface area contributed by atoms with Crippen LogP contribution in [0.4, 0.5) is 11.4 Å². The number of nitrogen functional groups attached to an aromatic ring is 1. The minimum Gasteiger partial charge on any atom is -0.495 e. The van der Waals surface area contributed by atoms with Crippen LogP contribution in [0.15, 0.2) is 18.2 Å². The number of nitrogens with one attached hydrogen (secondary N) is 1. The summed E-state index contributed by atoms with van der Waals surface area (Å²) in [5.41, 5.74) is 6.78. The first-order valence-corrected chi connectivity index (χ1v) is 8.44. The van der Waals surface area contributed by atoms with Crippen LogP contribution in [0.1, 0.15) is 32.6 Å². The van der Waals surface area contributed by atoms with E-state index in [0.29, 0.717) is 17.1 Å². The number of hydrogen-bond donors (Lipinski definition) is 2. The van der Waals surface area contributed by atoms with Gasteiger partial charge >= 0.3 is 0 Å². The normalized spacial score (nSPS) is 18.2. The van der Waals surface area contributed by atoms with Crippen molar-refractivity contribution in [1.82, 2.24) is 0 Å². The van der Waals surface area contributed by atoms with Crippen molar-refractivity contribution in [1.29, 1.82) is 0 Å². The molecule has 116 valence electrons. The second-order valence-corrected chi connectivity index (χ2v) is 7.36. The minimum atomic E-state index is -1.14. The molecule has 0 spiro atoms. The molecule has 1 fully saturated rings. The van der Waals surface area contributed by atoms with Gasteiger partial charge in [0.2, 0.25) is 5.91 Å². The summed E-state index contributed by atoms with van der Waals surface area (Å²) in [6.07, 6.45) is 4.11. The molecule has 3 N–H and O–H groups in total. The Morgan fingerprint density at radius 3 is 2.71 bits per heavy atom. The quantitative estimate of drug-likeness (QED) is 0.818. The number of hydrogen-bond acceptors (Lipinski definition) is 4. The Morgan fingerprint density at radius 2 is 2.10 bits per heavy atom. The van der Waals surface area contributed by atoms with Gasteiger partial charge in [0.15, 0.2) is 0 Å². The van der Waals surface area contributed by atoms with Crippen LogP contribution in [-0.4, -0.2) is 27.7 Å². The predicted molar refractivity (Wildman–Crippen MR) is 85.9 cm³/mol. The van der Waals surface area contributed by atoms with Crippen molar-refractivity contribution < 1.29 is 13.7 Å². The average molecular weight is 310 g/mol. The van der Waals surface area contributed by atoms with Gasteiger partial charge in [0.05, 0.1) is 12.8 Å². The molecular weight excluding hydrogens is 288 g/mol. The summed E-state index contributed by atoms with van der Waals surface area (Å²) < 4.78 is 17.6. The van der Waals surface area contributed by atoms with Gasteiger partial charge in [0.25, 0.3) is 0 Å². The van der Waals surface area contributed by atoms with E-state index in [0.717, 1.165) is 25.7 Å². The van der Waals surface area contributed by atoms with Gasteiger partial charge in [0, 0.05) is 21.7 Å². The maximum Gasteiger partial charge on any atom is 0.239 e. The van der Waals surface area contributed by atoms with E-state index in [1.807, 2.05) is 0 Å². The van der Waals surface area contributed by atoms with Crippen LogP contribution >= 0.6 is 0 Å². The predicted octanol–water partition coefficient (Wildman–Crippen LogP) is 2.30. The average Bonchev–Trinajstić information content (AvgIpc) is 3.00. The number of amides is 1. The van der Waals surface area contributed by atoms with Crippen LogP contribution in [0, 0.1) is 0 Å². The zero-order valence-corrected chi connectivity index (χ0v) is 13.2. The Labute approximate surface area is 127 Å². The van der Waals surface area contributed by atoms with Gasteiger partial charge in [-0.05, 0) is 38.0 Å². The highest BCUT2D eigenvalue weighted by molar-refractivity contribution is 7.87. The Kier molecular flexibility index (Phi) is 5.22. The molecule has 1 aliphatic carbocycles. The first kappa shape index (κ1) is 15.8. The van der Waals surface area contributed by atoms with E-state index in [2.05, 4.69) is 5.32 Å². The largest absolute Gasteiger partial charge is 0.495 e. The van der Waals surface area contributed by atoms with Crippen LogP contribution in [0.5, 0.6) is 5.75 Å². The summed E-state index contributed by atoms with van der Waals surface area (Å²) in [4.78, 5) is 12.3. The molecule has 0 radical (unpaired) electrons. The van der Waals surface area contributed by atoms with E-state index in [1.54, 1.807) is 25.1 Å². The van der Waals surface area contributed by atoms with E-state index in [9.17, 15) is 9.00 Å². The van der Waals surface area contributed by atoms with E-state index < -0.39 is 16.0 Å². The van der Waals surface area contributed by atoms with E-state index in [1.165, 1.54) is 7.11 Å². The maximum atomic E-state index is 12.4. The molecule has 5 nitrogen and oxygen atoms in total. The fourth-order valence-corrected chi connectivity index (χ4v) is 4.22. The summed E-state index contributed by atoms with van der Waals surface area (Å²) in [7, 11) is 0.387. The molecule has 1 aliphatic rings. The Balaban J connectivity index is 2.06. The lowest BCUT2D eigenvalue weighted by Gasteiger charge is -2.17. The fraction of sp³-hybridized carbons (Fsp3) is 0.533. The highest BCUT2D eigenvalue weighted by Gasteiger charge is 2.29. The lowest BCUT2D eigenvalue weighted by molar-refractivity contribution is -0.115. The van der Waals surface area contributed by atoms with Crippen LogP contribution in [-0.2, 0) is 15.6 Å². The number of rotatable bonds is 5. The Hall–Kier alpha value is -1.56. The summed E-state index contributed by atoms with van der Waals surface area (Å²) >= 11 is 0. The van der Waals surface area contributed by atoms with Gasteiger partial charge in [-0.15, -0.1) is 0 Å². The Morgan fingerprint density at radius 1 is 1.43 bits per heavy atom. The van der Waals surface area contributed by atoms with Crippen molar-refractivity contribution in [2.24, 2.45) is 0 Å². The zero-order chi connectivity index (χ0) is 15.4. The van der Waals surface area contributed by atoms with E-state index in [4.69, 9.17) is 10.5 Å². The lowest BCUT2D eigenvalue weighted by Crippen LogP contribution is -2.33. The molecule has 6 heteroatoms. The molecule has 1 aromatic rings. The number of ether oxygens (including phenoxy) is 1. The lowest BCUT2D eigenvalue weighted by atomic mass is 10.2. The molecule has 1 saturated carbocycles. The van der Waals surface area contributed by atoms with Crippen LogP contribution in [0.25, 0.3) is 0 Å². The third kappa shape index (κ3) is 3.75. The second-order valence-electron chi connectivity index (χ2n) is 5.33. The number of benzene rings is 1. The molecule has 1 aromatic carbocycles. The van der Waals surface area contributed by atoms with Crippen LogP contribution < -0.4 is 15.8 Å².